The van der Waals surface area contributed by atoms with Crippen LogP contribution in [0, 0.1) is 0 Å². The molecule has 0 bridgehead atoms. The van der Waals surface area contributed by atoms with Gasteiger partial charge in [0.25, 0.3) is 0 Å². The van der Waals surface area contributed by atoms with Crippen molar-refractivity contribution in [3.8, 4) is 0 Å². The molecule has 0 rings (SSSR count). The van der Waals surface area contributed by atoms with Crippen LogP contribution in [0.4, 0.5) is 0 Å². The first kappa shape index (κ1) is 21.7. The summed E-state index contributed by atoms with van der Waals surface area (Å²) in [5, 5.41) is 0. The predicted octanol–water partition coefficient (Wildman–Crippen LogP) is 0.953. The summed E-state index contributed by atoms with van der Waals surface area (Å²) in [6.07, 6.45) is 0. The Morgan fingerprint density at radius 3 is 0.944 bits per heavy atom. The number of hydrogen-bond acceptors (Lipinski definition) is 5. The van der Waals surface area contributed by atoms with E-state index in [2.05, 4.69) is 0 Å². The van der Waals surface area contributed by atoms with Crippen molar-refractivity contribution in [3.05, 3.63) is 0 Å². The molecular weight excluding hydrogens is 361 g/mol. The predicted molar refractivity (Wildman–Crippen MR) is 73.4 cm³/mol. The number of rotatable bonds is 14. The topological polar surface area (TPSA) is 46.2 Å². The average Bonchev–Trinajstić information content (AvgIpc) is 2.35. The second-order valence-electron chi connectivity index (χ2n) is 3.23. The van der Waals surface area contributed by atoms with Crippen molar-refractivity contribution in [2.45, 2.75) is 13.8 Å². The maximum Gasteiger partial charge on any atom is 2.00 e. The van der Waals surface area contributed by atoms with Gasteiger partial charge in [-0.25, -0.2) is 0 Å². The molecule has 0 fully saturated rings. The fraction of sp³-hybridized carbons (Fsp3) is 1.00. The van der Waals surface area contributed by atoms with E-state index in [1.807, 2.05) is 13.8 Å². The van der Waals surface area contributed by atoms with Crippen molar-refractivity contribution in [3.63, 3.8) is 0 Å². The molecule has 0 aliphatic carbocycles. The molecule has 0 saturated heterocycles. The molecule has 0 amide bonds. The fourth-order valence-corrected chi connectivity index (χ4v) is 1.07. The van der Waals surface area contributed by atoms with Gasteiger partial charge in [-0.3, -0.25) is 0 Å². The Labute approximate surface area is 154 Å². The van der Waals surface area contributed by atoms with Crippen LogP contribution in [0.1, 0.15) is 16.7 Å². The summed E-state index contributed by atoms with van der Waals surface area (Å²) in [5.41, 5.74) is 0. The van der Waals surface area contributed by atoms with Gasteiger partial charge in [0.05, 0.1) is 52.9 Å². The first-order chi connectivity index (χ1) is 8.41. The second-order valence-corrected chi connectivity index (χ2v) is 3.23. The zero-order chi connectivity index (χ0) is 12.6. The third kappa shape index (κ3) is 19.7. The minimum Gasteiger partial charge on any atom is -1.00 e. The van der Waals surface area contributed by atoms with E-state index in [4.69, 9.17) is 23.7 Å². The Hall–Kier alpha value is 1.37. The SMILES string of the molecule is CCOCCOCCOCCOCCOCC.[Ba+2].[H-].[H-]. The van der Waals surface area contributed by atoms with E-state index in [1.54, 1.807) is 0 Å². The third-order valence-electron chi connectivity index (χ3n) is 1.90. The van der Waals surface area contributed by atoms with Crippen molar-refractivity contribution >= 4 is 48.9 Å². The van der Waals surface area contributed by atoms with Gasteiger partial charge < -0.3 is 26.5 Å². The largest absolute Gasteiger partial charge is 2.00 e. The summed E-state index contributed by atoms with van der Waals surface area (Å²) in [6.45, 7) is 10.4. The van der Waals surface area contributed by atoms with Gasteiger partial charge in [0.2, 0.25) is 0 Å². The van der Waals surface area contributed by atoms with Gasteiger partial charge in [0, 0.05) is 13.2 Å². The molecule has 0 aromatic carbocycles. The van der Waals surface area contributed by atoms with E-state index in [9.17, 15) is 0 Å². The summed E-state index contributed by atoms with van der Waals surface area (Å²) < 4.78 is 26.1. The molecule has 108 valence electrons. The summed E-state index contributed by atoms with van der Waals surface area (Å²) in [7, 11) is 0. The average molecular weight is 390 g/mol. The zero-order valence-corrected chi connectivity index (χ0v) is 16.3. The van der Waals surface area contributed by atoms with Crippen LogP contribution in [0.2, 0.25) is 0 Å². The molecule has 0 heterocycles. The van der Waals surface area contributed by atoms with E-state index < -0.39 is 0 Å². The summed E-state index contributed by atoms with van der Waals surface area (Å²) in [6, 6.07) is 0. The van der Waals surface area contributed by atoms with Crippen LogP contribution < -0.4 is 0 Å². The van der Waals surface area contributed by atoms with Gasteiger partial charge in [-0.05, 0) is 13.8 Å². The van der Waals surface area contributed by atoms with Crippen LogP contribution in [0.25, 0.3) is 0 Å². The van der Waals surface area contributed by atoms with Crippen molar-refractivity contribution < 1.29 is 26.5 Å². The molecule has 0 N–H and O–H groups in total. The van der Waals surface area contributed by atoms with Crippen molar-refractivity contribution in [2.75, 3.05) is 66.1 Å². The Balaban J connectivity index is -0.000000427. The van der Waals surface area contributed by atoms with Gasteiger partial charge >= 0.3 is 48.9 Å². The van der Waals surface area contributed by atoms with Crippen molar-refractivity contribution in [1.29, 1.82) is 0 Å². The smallest absolute Gasteiger partial charge is 1.00 e. The van der Waals surface area contributed by atoms with Crippen molar-refractivity contribution in [1.82, 2.24) is 0 Å². The van der Waals surface area contributed by atoms with E-state index in [1.165, 1.54) is 0 Å². The van der Waals surface area contributed by atoms with Crippen LogP contribution in [0.3, 0.4) is 0 Å². The third-order valence-corrected chi connectivity index (χ3v) is 1.90. The summed E-state index contributed by atoms with van der Waals surface area (Å²) >= 11 is 0. The fourth-order valence-electron chi connectivity index (χ4n) is 1.07. The molecule has 0 spiro atoms. The molecule has 5 nitrogen and oxygen atoms in total. The van der Waals surface area contributed by atoms with E-state index in [-0.39, 0.29) is 51.7 Å². The summed E-state index contributed by atoms with van der Waals surface area (Å²) in [5.74, 6) is 0. The van der Waals surface area contributed by atoms with Gasteiger partial charge in [-0.2, -0.15) is 0 Å². The minimum absolute atomic E-state index is 0. The van der Waals surface area contributed by atoms with Crippen LogP contribution in [-0.2, 0) is 23.7 Å². The van der Waals surface area contributed by atoms with Crippen LogP contribution in [0.5, 0.6) is 0 Å². The minimum atomic E-state index is 0. The molecule has 0 unspecified atom stereocenters. The van der Waals surface area contributed by atoms with E-state index in [0.717, 1.165) is 13.2 Å². The Morgan fingerprint density at radius 1 is 0.500 bits per heavy atom. The standard InChI is InChI=1S/C12H26O5.Ba.2H/c1-3-13-5-7-15-9-11-17-12-10-16-8-6-14-4-2;;;/h3-12H2,1-2H3;;;/q;+2;2*-1. The number of hydrogen-bond donors (Lipinski definition) is 0. The van der Waals surface area contributed by atoms with E-state index >= 15 is 0 Å². The Bertz CT molecular complexity index is 133. The zero-order valence-electron chi connectivity index (χ0n) is 13.8. The molecule has 0 saturated carbocycles. The molecule has 6 heteroatoms. The van der Waals surface area contributed by atoms with Gasteiger partial charge in [0.1, 0.15) is 0 Å². The maximum absolute atomic E-state index is 5.32. The molecule has 0 aliphatic heterocycles. The maximum atomic E-state index is 5.32. The number of ether oxygens (including phenoxy) is 5. The molecule has 0 atom stereocenters. The molecule has 0 aromatic rings. The monoisotopic (exact) mass is 390 g/mol. The summed E-state index contributed by atoms with van der Waals surface area (Å²) in [4.78, 5) is 0. The molecular formula is C12H28BaO5. The Morgan fingerprint density at radius 2 is 0.722 bits per heavy atom. The molecule has 0 radical (unpaired) electrons. The quantitative estimate of drug-likeness (QED) is 0.327. The van der Waals surface area contributed by atoms with Gasteiger partial charge in [-0.1, -0.05) is 0 Å². The molecule has 18 heavy (non-hydrogen) atoms. The molecule has 0 aromatic heterocycles. The Kier molecular flexibility index (Phi) is 24.9. The van der Waals surface area contributed by atoms with Crippen LogP contribution in [0.15, 0.2) is 0 Å². The second kappa shape index (κ2) is 20.7. The van der Waals surface area contributed by atoms with Gasteiger partial charge in [0.15, 0.2) is 0 Å². The van der Waals surface area contributed by atoms with Crippen molar-refractivity contribution in [2.24, 2.45) is 0 Å². The normalized spacial score (nSPS) is 10.3. The van der Waals surface area contributed by atoms with Crippen LogP contribution >= 0.6 is 0 Å². The van der Waals surface area contributed by atoms with Crippen LogP contribution in [-0.4, -0.2) is 115 Å². The first-order valence-electron chi connectivity index (χ1n) is 6.30. The first-order valence-corrected chi connectivity index (χ1v) is 6.30. The molecule has 0 aliphatic rings. The van der Waals surface area contributed by atoms with Gasteiger partial charge in [-0.15, -0.1) is 0 Å². The van der Waals surface area contributed by atoms with E-state index in [0.29, 0.717) is 52.9 Å².